The van der Waals surface area contributed by atoms with Crippen LogP contribution in [0.15, 0.2) is 18.2 Å². The molecular formula is C11H16ClN3. The van der Waals surface area contributed by atoms with E-state index in [0.717, 1.165) is 44.8 Å². The molecule has 1 N–H and O–H groups in total. The number of rotatable bonds is 3. The van der Waals surface area contributed by atoms with Crippen molar-refractivity contribution in [2.75, 3.05) is 32.7 Å². The largest absolute Gasteiger partial charge is 0.314 e. The van der Waals surface area contributed by atoms with Crippen LogP contribution in [0.5, 0.6) is 0 Å². The topological polar surface area (TPSA) is 28.2 Å². The van der Waals surface area contributed by atoms with Gasteiger partial charge in [-0.15, -0.1) is 0 Å². The van der Waals surface area contributed by atoms with Crippen LogP contribution in [0.25, 0.3) is 0 Å². The van der Waals surface area contributed by atoms with Crippen LogP contribution in [0.3, 0.4) is 0 Å². The van der Waals surface area contributed by atoms with Gasteiger partial charge in [-0.25, -0.2) is 4.98 Å². The molecule has 1 aliphatic rings. The lowest BCUT2D eigenvalue weighted by atomic mass is 10.2. The standard InChI is InChI=1S/C11H16ClN3/c12-11-3-1-2-10(14-11)4-7-15-8-5-13-6-9-15/h1-3,13H,4-9H2. The van der Waals surface area contributed by atoms with E-state index in [1.807, 2.05) is 18.2 Å². The van der Waals surface area contributed by atoms with Crippen LogP contribution in [0.1, 0.15) is 5.69 Å². The summed E-state index contributed by atoms with van der Waals surface area (Å²) in [7, 11) is 0. The molecule has 1 aliphatic heterocycles. The summed E-state index contributed by atoms with van der Waals surface area (Å²) in [6.07, 6.45) is 0.987. The third kappa shape index (κ3) is 3.45. The van der Waals surface area contributed by atoms with Crippen LogP contribution in [0.4, 0.5) is 0 Å². The van der Waals surface area contributed by atoms with Gasteiger partial charge in [0.2, 0.25) is 0 Å². The van der Waals surface area contributed by atoms with Gasteiger partial charge in [-0.1, -0.05) is 17.7 Å². The van der Waals surface area contributed by atoms with Crippen LogP contribution in [0, 0.1) is 0 Å². The van der Waals surface area contributed by atoms with E-state index in [2.05, 4.69) is 15.2 Å². The smallest absolute Gasteiger partial charge is 0.129 e. The summed E-state index contributed by atoms with van der Waals surface area (Å²) in [4.78, 5) is 6.74. The van der Waals surface area contributed by atoms with Crippen molar-refractivity contribution < 1.29 is 0 Å². The van der Waals surface area contributed by atoms with Crippen LogP contribution < -0.4 is 5.32 Å². The van der Waals surface area contributed by atoms with E-state index in [9.17, 15) is 0 Å². The third-order valence-corrected chi connectivity index (χ3v) is 2.88. The first kappa shape index (κ1) is 10.9. The Bertz CT molecular complexity index is 310. The van der Waals surface area contributed by atoms with Crippen molar-refractivity contribution in [2.24, 2.45) is 0 Å². The lowest BCUT2D eigenvalue weighted by molar-refractivity contribution is 0.243. The summed E-state index contributed by atoms with van der Waals surface area (Å²) in [6.45, 7) is 5.56. The van der Waals surface area contributed by atoms with Crippen molar-refractivity contribution in [3.05, 3.63) is 29.0 Å². The molecule has 1 aromatic rings. The quantitative estimate of drug-likeness (QED) is 0.784. The molecule has 1 aromatic heterocycles. The predicted octanol–water partition coefficient (Wildman–Crippen LogP) is 1.18. The maximum absolute atomic E-state index is 5.83. The molecule has 82 valence electrons. The highest BCUT2D eigenvalue weighted by Gasteiger charge is 2.09. The molecule has 0 aliphatic carbocycles. The molecule has 0 saturated carbocycles. The summed E-state index contributed by atoms with van der Waals surface area (Å²) in [6, 6.07) is 5.81. The molecule has 1 fully saturated rings. The Morgan fingerprint density at radius 1 is 1.33 bits per heavy atom. The monoisotopic (exact) mass is 225 g/mol. The van der Waals surface area contributed by atoms with Gasteiger partial charge in [-0.3, -0.25) is 0 Å². The zero-order chi connectivity index (χ0) is 10.5. The molecule has 3 nitrogen and oxygen atoms in total. The maximum atomic E-state index is 5.83. The summed E-state index contributed by atoms with van der Waals surface area (Å²) >= 11 is 5.83. The molecule has 15 heavy (non-hydrogen) atoms. The molecule has 2 heterocycles. The van der Waals surface area contributed by atoms with E-state index in [-0.39, 0.29) is 0 Å². The lowest BCUT2D eigenvalue weighted by Gasteiger charge is -2.26. The normalized spacial score (nSPS) is 17.9. The Kier molecular flexibility index (Phi) is 3.94. The lowest BCUT2D eigenvalue weighted by Crippen LogP contribution is -2.44. The third-order valence-electron chi connectivity index (χ3n) is 2.67. The Morgan fingerprint density at radius 3 is 2.87 bits per heavy atom. The van der Waals surface area contributed by atoms with Crippen LogP contribution in [-0.2, 0) is 6.42 Å². The number of pyridine rings is 1. The Balaban J connectivity index is 1.81. The molecule has 0 amide bonds. The fraction of sp³-hybridized carbons (Fsp3) is 0.545. The molecule has 0 aromatic carbocycles. The first-order chi connectivity index (χ1) is 7.34. The van der Waals surface area contributed by atoms with Crippen LogP contribution in [-0.4, -0.2) is 42.6 Å². The number of hydrogen-bond acceptors (Lipinski definition) is 3. The van der Waals surface area contributed by atoms with Gasteiger partial charge in [-0.2, -0.15) is 0 Å². The second-order valence-electron chi connectivity index (χ2n) is 3.79. The van der Waals surface area contributed by atoms with Crippen molar-refractivity contribution >= 4 is 11.6 Å². The van der Waals surface area contributed by atoms with Crippen molar-refractivity contribution in [3.63, 3.8) is 0 Å². The average molecular weight is 226 g/mol. The Labute approximate surface area is 95.4 Å². The average Bonchev–Trinajstić information content (AvgIpc) is 2.28. The summed E-state index contributed by atoms with van der Waals surface area (Å²) in [5.74, 6) is 0. The molecule has 1 saturated heterocycles. The molecule has 0 radical (unpaired) electrons. The fourth-order valence-electron chi connectivity index (χ4n) is 1.80. The molecule has 0 unspecified atom stereocenters. The second kappa shape index (κ2) is 5.45. The highest BCUT2D eigenvalue weighted by Crippen LogP contribution is 2.06. The zero-order valence-electron chi connectivity index (χ0n) is 8.75. The fourth-order valence-corrected chi connectivity index (χ4v) is 1.98. The number of halogens is 1. The summed E-state index contributed by atoms with van der Waals surface area (Å²) < 4.78 is 0. The van der Waals surface area contributed by atoms with E-state index >= 15 is 0 Å². The van der Waals surface area contributed by atoms with Crippen LogP contribution >= 0.6 is 11.6 Å². The minimum absolute atomic E-state index is 0.591. The predicted molar refractivity (Wildman–Crippen MR) is 62.3 cm³/mol. The highest BCUT2D eigenvalue weighted by atomic mass is 35.5. The number of nitrogens with zero attached hydrogens (tertiary/aromatic N) is 2. The van der Waals surface area contributed by atoms with E-state index in [4.69, 9.17) is 11.6 Å². The highest BCUT2D eigenvalue weighted by molar-refractivity contribution is 6.29. The van der Waals surface area contributed by atoms with Gasteiger partial charge < -0.3 is 10.2 Å². The first-order valence-electron chi connectivity index (χ1n) is 5.39. The zero-order valence-corrected chi connectivity index (χ0v) is 9.50. The SMILES string of the molecule is Clc1cccc(CCN2CCNCC2)n1. The Morgan fingerprint density at radius 2 is 2.13 bits per heavy atom. The number of nitrogens with one attached hydrogen (secondary N) is 1. The second-order valence-corrected chi connectivity index (χ2v) is 4.18. The molecule has 0 bridgehead atoms. The minimum Gasteiger partial charge on any atom is -0.314 e. The minimum atomic E-state index is 0.591. The molecule has 0 atom stereocenters. The summed E-state index contributed by atoms with van der Waals surface area (Å²) in [5.41, 5.74) is 1.08. The van der Waals surface area contributed by atoms with E-state index in [1.54, 1.807) is 0 Å². The molecular weight excluding hydrogens is 210 g/mol. The first-order valence-corrected chi connectivity index (χ1v) is 5.77. The van der Waals surface area contributed by atoms with Gasteiger partial charge in [0, 0.05) is 44.8 Å². The van der Waals surface area contributed by atoms with Crippen molar-refractivity contribution in [1.29, 1.82) is 0 Å². The van der Waals surface area contributed by atoms with Gasteiger partial charge in [0.1, 0.15) is 5.15 Å². The van der Waals surface area contributed by atoms with Crippen LogP contribution in [0.2, 0.25) is 5.15 Å². The van der Waals surface area contributed by atoms with Crippen molar-refractivity contribution in [3.8, 4) is 0 Å². The Hall–Kier alpha value is -0.640. The van der Waals surface area contributed by atoms with E-state index < -0.39 is 0 Å². The van der Waals surface area contributed by atoms with Crippen molar-refractivity contribution in [1.82, 2.24) is 15.2 Å². The molecule has 4 heteroatoms. The van der Waals surface area contributed by atoms with E-state index in [1.165, 1.54) is 0 Å². The number of piperazine rings is 1. The number of hydrogen-bond donors (Lipinski definition) is 1. The summed E-state index contributed by atoms with van der Waals surface area (Å²) in [5, 5.41) is 3.93. The molecule has 0 spiro atoms. The van der Waals surface area contributed by atoms with Gasteiger partial charge >= 0.3 is 0 Å². The molecule has 2 rings (SSSR count). The van der Waals surface area contributed by atoms with E-state index in [0.29, 0.717) is 5.15 Å². The van der Waals surface area contributed by atoms with Gasteiger partial charge in [0.25, 0.3) is 0 Å². The van der Waals surface area contributed by atoms with Crippen molar-refractivity contribution in [2.45, 2.75) is 6.42 Å². The van der Waals surface area contributed by atoms with Gasteiger partial charge in [0.15, 0.2) is 0 Å². The maximum Gasteiger partial charge on any atom is 0.129 e. The number of aromatic nitrogens is 1. The van der Waals surface area contributed by atoms with Gasteiger partial charge in [-0.05, 0) is 12.1 Å². The van der Waals surface area contributed by atoms with Gasteiger partial charge in [0.05, 0.1) is 0 Å².